The summed E-state index contributed by atoms with van der Waals surface area (Å²) >= 11 is 13.4. The maximum Gasteiger partial charge on any atom is 0.260 e. The number of amides is 1. The number of fused-ring (bicyclic) bond motifs is 3. The van der Waals surface area contributed by atoms with Gasteiger partial charge in [-0.25, -0.2) is 0 Å². The van der Waals surface area contributed by atoms with E-state index in [0.717, 1.165) is 11.3 Å². The van der Waals surface area contributed by atoms with Crippen molar-refractivity contribution in [3.05, 3.63) is 76.5 Å². The van der Waals surface area contributed by atoms with Crippen molar-refractivity contribution in [1.82, 2.24) is 0 Å². The van der Waals surface area contributed by atoms with Crippen LogP contribution in [0.25, 0.3) is 0 Å². The normalized spacial score (nSPS) is 27.3. The van der Waals surface area contributed by atoms with Crippen LogP contribution in [0.15, 0.2) is 65.3 Å². The number of para-hydroxylation sites is 1. The molecular formula is C20H17Cl2NO2. The van der Waals surface area contributed by atoms with Gasteiger partial charge in [-0.1, -0.05) is 85.6 Å². The van der Waals surface area contributed by atoms with E-state index in [2.05, 4.69) is 0 Å². The van der Waals surface area contributed by atoms with Crippen molar-refractivity contribution in [2.75, 3.05) is 4.90 Å². The van der Waals surface area contributed by atoms with E-state index in [4.69, 9.17) is 23.2 Å². The number of hydrogen-bond acceptors (Lipinski definition) is 2. The number of rotatable bonds is 1. The van der Waals surface area contributed by atoms with Crippen LogP contribution in [0.4, 0.5) is 5.69 Å². The third-order valence-corrected chi connectivity index (χ3v) is 6.16. The predicted molar refractivity (Wildman–Crippen MR) is 99.8 cm³/mol. The summed E-state index contributed by atoms with van der Waals surface area (Å²) in [5, 5.41) is 11.1. The molecule has 2 heterocycles. The van der Waals surface area contributed by atoms with Crippen molar-refractivity contribution in [2.24, 2.45) is 0 Å². The quantitative estimate of drug-likeness (QED) is 0.758. The van der Waals surface area contributed by atoms with Crippen LogP contribution in [0.3, 0.4) is 0 Å². The summed E-state index contributed by atoms with van der Waals surface area (Å²) in [6.45, 7) is 3.99. The molecule has 0 aliphatic carbocycles. The molecule has 2 atom stereocenters. The number of allylic oxidation sites excluding steroid dienone is 1. The summed E-state index contributed by atoms with van der Waals surface area (Å²) in [6, 6.07) is 16.5. The highest BCUT2D eigenvalue weighted by molar-refractivity contribution is 6.42. The number of carbonyl (C=O) groups is 1. The number of aliphatic hydroxyl groups is 1. The van der Waals surface area contributed by atoms with Gasteiger partial charge in [0.25, 0.3) is 5.91 Å². The predicted octanol–water partition coefficient (Wildman–Crippen LogP) is 4.27. The zero-order valence-electron chi connectivity index (χ0n) is 13.8. The number of hydrogen-bond donors (Lipinski definition) is 1. The largest absolute Gasteiger partial charge is 0.385 e. The van der Waals surface area contributed by atoms with Gasteiger partial charge < -0.3 is 5.11 Å². The molecule has 0 fully saturated rings. The number of aliphatic hydroxyl groups excluding tert-OH is 1. The SMILES string of the molecule is CC1(C)C2=C(Cl)[C@@H](O)[C@@](Cl)(c3ccccc3)C(=O)N2c2ccccc21. The highest BCUT2D eigenvalue weighted by Crippen LogP contribution is 2.56. The van der Waals surface area contributed by atoms with E-state index in [0.29, 0.717) is 11.3 Å². The number of anilines is 1. The van der Waals surface area contributed by atoms with E-state index in [1.165, 1.54) is 0 Å². The maximum absolute atomic E-state index is 13.5. The van der Waals surface area contributed by atoms with E-state index in [1.807, 2.05) is 44.2 Å². The molecule has 0 saturated carbocycles. The lowest BCUT2D eigenvalue weighted by atomic mass is 9.80. The van der Waals surface area contributed by atoms with Crippen LogP contribution in [-0.2, 0) is 15.1 Å². The minimum absolute atomic E-state index is 0.208. The summed E-state index contributed by atoms with van der Waals surface area (Å²) in [4.78, 5) is 13.4. The second kappa shape index (κ2) is 5.34. The zero-order chi connectivity index (χ0) is 18.0. The third kappa shape index (κ3) is 2.00. The van der Waals surface area contributed by atoms with Gasteiger partial charge in [0.05, 0.1) is 16.4 Å². The molecule has 2 aliphatic heterocycles. The lowest BCUT2D eigenvalue weighted by Gasteiger charge is -2.42. The van der Waals surface area contributed by atoms with Crippen LogP contribution in [-0.4, -0.2) is 17.1 Å². The molecule has 0 aromatic heterocycles. The first-order valence-corrected chi connectivity index (χ1v) is 8.83. The third-order valence-electron chi connectivity index (χ3n) is 5.19. The van der Waals surface area contributed by atoms with Crippen LogP contribution in [0.5, 0.6) is 0 Å². The fourth-order valence-corrected chi connectivity index (χ4v) is 4.75. The van der Waals surface area contributed by atoms with Gasteiger partial charge >= 0.3 is 0 Å². The Morgan fingerprint density at radius 3 is 2.32 bits per heavy atom. The first-order chi connectivity index (χ1) is 11.8. The molecule has 5 heteroatoms. The van der Waals surface area contributed by atoms with Gasteiger partial charge in [0.15, 0.2) is 4.87 Å². The molecule has 0 radical (unpaired) electrons. The standard InChI is InChI=1S/C20H17Cl2NO2/c1-19(2)13-10-6-7-11-14(13)23-16(19)15(21)17(24)20(22,18(23)25)12-8-4-3-5-9-12/h3-11,17,24H,1-2H3/t17-,20+/m1/s1. The molecule has 1 N–H and O–H groups in total. The van der Waals surface area contributed by atoms with Crippen molar-refractivity contribution in [3.8, 4) is 0 Å². The van der Waals surface area contributed by atoms with Crippen LogP contribution in [0.2, 0.25) is 0 Å². The van der Waals surface area contributed by atoms with Crippen LogP contribution >= 0.6 is 23.2 Å². The summed E-state index contributed by atoms with van der Waals surface area (Å²) in [5.74, 6) is -0.384. The average molecular weight is 374 g/mol. The Morgan fingerprint density at radius 2 is 1.64 bits per heavy atom. The maximum atomic E-state index is 13.5. The first-order valence-electron chi connectivity index (χ1n) is 8.08. The minimum Gasteiger partial charge on any atom is -0.385 e. The molecule has 0 saturated heterocycles. The highest BCUT2D eigenvalue weighted by Gasteiger charge is 2.59. The Kier molecular flexibility index (Phi) is 3.56. The van der Waals surface area contributed by atoms with E-state index in [9.17, 15) is 9.90 Å². The Bertz CT molecular complexity index is 907. The van der Waals surface area contributed by atoms with Crippen molar-refractivity contribution in [3.63, 3.8) is 0 Å². The molecule has 2 aliphatic rings. The summed E-state index contributed by atoms with van der Waals surface area (Å²) < 4.78 is 0. The Balaban J connectivity index is 2.01. The van der Waals surface area contributed by atoms with Crippen molar-refractivity contribution < 1.29 is 9.90 Å². The molecule has 4 rings (SSSR count). The van der Waals surface area contributed by atoms with Gasteiger partial charge in [-0.2, -0.15) is 0 Å². The molecule has 1 amide bonds. The lowest BCUT2D eigenvalue weighted by Crippen LogP contribution is -2.55. The van der Waals surface area contributed by atoms with Crippen molar-refractivity contribution in [1.29, 1.82) is 0 Å². The van der Waals surface area contributed by atoms with E-state index >= 15 is 0 Å². The molecule has 0 bridgehead atoms. The molecule has 0 unspecified atom stereocenters. The molecule has 2 aromatic rings. The minimum atomic E-state index is -1.66. The summed E-state index contributed by atoms with van der Waals surface area (Å²) in [7, 11) is 0. The Labute approximate surface area is 156 Å². The van der Waals surface area contributed by atoms with Crippen LogP contribution in [0, 0.1) is 0 Å². The monoisotopic (exact) mass is 373 g/mol. The van der Waals surface area contributed by atoms with Crippen LogP contribution in [0.1, 0.15) is 25.0 Å². The molecule has 3 nitrogen and oxygen atoms in total. The molecule has 0 spiro atoms. The van der Waals surface area contributed by atoms with E-state index in [-0.39, 0.29) is 10.9 Å². The summed E-state index contributed by atoms with van der Waals surface area (Å²) in [6.07, 6.45) is -1.31. The van der Waals surface area contributed by atoms with Gasteiger partial charge in [-0.3, -0.25) is 9.69 Å². The Hall–Kier alpha value is -1.81. The van der Waals surface area contributed by atoms with Crippen molar-refractivity contribution in [2.45, 2.75) is 30.2 Å². The van der Waals surface area contributed by atoms with Gasteiger partial charge in [-0.15, -0.1) is 0 Å². The van der Waals surface area contributed by atoms with Crippen molar-refractivity contribution >= 4 is 34.8 Å². The number of nitrogens with zero attached hydrogens (tertiary/aromatic N) is 1. The van der Waals surface area contributed by atoms with E-state index in [1.54, 1.807) is 29.2 Å². The molecule has 25 heavy (non-hydrogen) atoms. The smallest absolute Gasteiger partial charge is 0.260 e. The molecule has 2 aromatic carbocycles. The summed E-state index contributed by atoms with van der Waals surface area (Å²) in [5.41, 5.74) is 2.36. The fraction of sp³-hybridized carbons (Fsp3) is 0.250. The second-order valence-corrected chi connectivity index (χ2v) is 7.96. The van der Waals surface area contributed by atoms with Gasteiger partial charge in [0.2, 0.25) is 0 Å². The Morgan fingerprint density at radius 1 is 1.04 bits per heavy atom. The van der Waals surface area contributed by atoms with Gasteiger partial charge in [0.1, 0.15) is 6.10 Å². The van der Waals surface area contributed by atoms with Gasteiger partial charge in [0, 0.05) is 5.41 Å². The fourth-order valence-electron chi connectivity index (χ4n) is 3.89. The number of alkyl halides is 1. The first kappa shape index (κ1) is 16.6. The van der Waals surface area contributed by atoms with E-state index < -0.39 is 16.4 Å². The number of halogens is 2. The lowest BCUT2D eigenvalue weighted by molar-refractivity contribution is -0.124. The highest BCUT2D eigenvalue weighted by atomic mass is 35.5. The number of carbonyl (C=O) groups excluding carboxylic acids is 1. The van der Waals surface area contributed by atoms with Crippen LogP contribution < -0.4 is 4.90 Å². The zero-order valence-corrected chi connectivity index (χ0v) is 15.3. The van der Waals surface area contributed by atoms with Gasteiger partial charge in [-0.05, 0) is 17.2 Å². The second-order valence-electron chi connectivity index (χ2n) is 6.96. The topological polar surface area (TPSA) is 40.5 Å². The average Bonchev–Trinajstić information content (AvgIpc) is 2.87. The number of benzene rings is 2. The molecular weight excluding hydrogens is 357 g/mol. The molecule has 128 valence electrons.